The van der Waals surface area contributed by atoms with E-state index < -0.39 is 0 Å². The molecule has 16 heavy (non-hydrogen) atoms. The van der Waals surface area contributed by atoms with Gasteiger partial charge in [0.2, 0.25) is 5.88 Å². The third kappa shape index (κ3) is 4.06. The normalized spacial score (nSPS) is 10.6. The molecule has 0 amide bonds. The summed E-state index contributed by atoms with van der Waals surface area (Å²) < 4.78 is 5.09. The summed E-state index contributed by atoms with van der Waals surface area (Å²) in [6.45, 7) is 6.23. The van der Waals surface area contributed by atoms with Crippen molar-refractivity contribution in [2.45, 2.75) is 19.9 Å². The summed E-state index contributed by atoms with van der Waals surface area (Å²) in [5, 5.41) is 3.39. The first-order valence-corrected chi connectivity index (χ1v) is 5.58. The van der Waals surface area contributed by atoms with E-state index in [1.165, 1.54) is 0 Å². The monoisotopic (exact) mass is 223 g/mol. The zero-order chi connectivity index (χ0) is 12.0. The molecule has 0 aliphatic rings. The van der Waals surface area contributed by atoms with E-state index in [1.54, 1.807) is 13.3 Å². The van der Waals surface area contributed by atoms with E-state index in [1.807, 2.05) is 12.1 Å². The Labute approximate surface area is 97.6 Å². The van der Waals surface area contributed by atoms with Crippen LogP contribution >= 0.6 is 0 Å². The maximum absolute atomic E-state index is 5.09. The SMILES string of the molecule is COc1cc(N(C)CCNC(C)C)ccn1. The van der Waals surface area contributed by atoms with Gasteiger partial charge >= 0.3 is 0 Å². The second-order valence-corrected chi connectivity index (χ2v) is 4.09. The summed E-state index contributed by atoms with van der Waals surface area (Å²) in [5.74, 6) is 0.654. The Hall–Kier alpha value is -1.29. The number of likely N-dealkylation sites (N-methyl/N-ethyl adjacent to an activating group) is 1. The largest absolute Gasteiger partial charge is 0.481 e. The molecule has 0 fully saturated rings. The van der Waals surface area contributed by atoms with Crippen molar-refractivity contribution in [3.8, 4) is 5.88 Å². The van der Waals surface area contributed by atoms with Gasteiger partial charge in [-0.25, -0.2) is 4.98 Å². The van der Waals surface area contributed by atoms with E-state index in [0.29, 0.717) is 11.9 Å². The lowest BCUT2D eigenvalue weighted by Gasteiger charge is -2.20. The molecule has 0 saturated heterocycles. The molecular weight excluding hydrogens is 202 g/mol. The van der Waals surface area contributed by atoms with E-state index in [4.69, 9.17) is 4.74 Å². The van der Waals surface area contributed by atoms with Gasteiger partial charge in [-0.2, -0.15) is 0 Å². The Morgan fingerprint density at radius 3 is 2.88 bits per heavy atom. The molecule has 0 aliphatic heterocycles. The summed E-state index contributed by atoms with van der Waals surface area (Å²) in [5.41, 5.74) is 1.12. The van der Waals surface area contributed by atoms with E-state index in [-0.39, 0.29) is 0 Å². The molecule has 0 bridgehead atoms. The highest BCUT2D eigenvalue weighted by molar-refractivity contribution is 5.47. The molecular formula is C12H21N3O. The molecule has 1 heterocycles. The van der Waals surface area contributed by atoms with Gasteiger partial charge < -0.3 is 15.0 Å². The molecule has 1 aromatic heterocycles. The van der Waals surface area contributed by atoms with Crippen molar-refractivity contribution < 1.29 is 4.74 Å². The number of rotatable bonds is 6. The number of nitrogens with zero attached hydrogens (tertiary/aromatic N) is 2. The summed E-state index contributed by atoms with van der Waals surface area (Å²) in [6, 6.07) is 4.45. The van der Waals surface area contributed by atoms with Gasteiger partial charge in [-0.05, 0) is 6.07 Å². The minimum absolute atomic E-state index is 0.528. The van der Waals surface area contributed by atoms with E-state index in [2.05, 4.69) is 36.1 Å². The molecule has 1 rings (SSSR count). The number of hydrogen-bond acceptors (Lipinski definition) is 4. The van der Waals surface area contributed by atoms with Crippen LogP contribution in [0.15, 0.2) is 18.3 Å². The van der Waals surface area contributed by atoms with Crippen molar-refractivity contribution in [1.29, 1.82) is 0 Å². The van der Waals surface area contributed by atoms with Crippen LogP contribution in [0.2, 0.25) is 0 Å². The van der Waals surface area contributed by atoms with E-state index >= 15 is 0 Å². The molecule has 4 nitrogen and oxygen atoms in total. The van der Waals surface area contributed by atoms with Gasteiger partial charge in [0.1, 0.15) is 0 Å². The van der Waals surface area contributed by atoms with Gasteiger partial charge in [0, 0.05) is 44.1 Å². The van der Waals surface area contributed by atoms with Gasteiger partial charge in [0.15, 0.2) is 0 Å². The quantitative estimate of drug-likeness (QED) is 0.793. The predicted molar refractivity (Wildman–Crippen MR) is 67.2 cm³/mol. The molecule has 0 spiro atoms. The topological polar surface area (TPSA) is 37.4 Å². The van der Waals surface area contributed by atoms with Gasteiger partial charge in [0.25, 0.3) is 0 Å². The minimum atomic E-state index is 0.528. The van der Waals surface area contributed by atoms with Crippen molar-refractivity contribution in [3.63, 3.8) is 0 Å². The van der Waals surface area contributed by atoms with Crippen molar-refractivity contribution in [3.05, 3.63) is 18.3 Å². The standard InChI is InChI=1S/C12H21N3O/c1-10(2)13-7-8-15(3)11-5-6-14-12(9-11)16-4/h5-6,9-10,13H,7-8H2,1-4H3. The van der Waals surface area contributed by atoms with Crippen LogP contribution in [0.3, 0.4) is 0 Å². The Balaban J connectivity index is 2.48. The highest BCUT2D eigenvalue weighted by atomic mass is 16.5. The number of hydrogen-bond donors (Lipinski definition) is 1. The number of aromatic nitrogens is 1. The minimum Gasteiger partial charge on any atom is -0.481 e. The van der Waals surface area contributed by atoms with Crippen LogP contribution in [0.1, 0.15) is 13.8 Å². The molecule has 0 aromatic carbocycles. The summed E-state index contributed by atoms with van der Waals surface area (Å²) in [7, 11) is 3.70. The molecule has 1 aromatic rings. The zero-order valence-electron chi connectivity index (χ0n) is 10.5. The Morgan fingerprint density at radius 1 is 1.50 bits per heavy atom. The van der Waals surface area contributed by atoms with Crippen LogP contribution in [0.5, 0.6) is 5.88 Å². The molecule has 0 radical (unpaired) electrons. The summed E-state index contributed by atoms with van der Waals surface area (Å²) in [6.07, 6.45) is 1.76. The van der Waals surface area contributed by atoms with Crippen molar-refractivity contribution >= 4 is 5.69 Å². The van der Waals surface area contributed by atoms with Gasteiger partial charge in [0.05, 0.1) is 7.11 Å². The Morgan fingerprint density at radius 2 is 2.25 bits per heavy atom. The molecule has 0 unspecified atom stereocenters. The lowest BCUT2D eigenvalue weighted by atomic mass is 10.3. The van der Waals surface area contributed by atoms with Crippen molar-refractivity contribution in [1.82, 2.24) is 10.3 Å². The Kier molecular flexibility index (Phi) is 5.05. The lowest BCUT2D eigenvalue weighted by Crippen LogP contribution is -2.32. The fourth-order valence-electron chi connectivity index (χ4n) is 1.40. The zero-order valence-corrected chi connectivity index (χ0v) is 10.5. The molecule has 0 aliphatic carbocycles. The van der Waals surface area contributed by atoms with Crippen molar-refractivity contribution in [2.24, 2.45) is 0 Å². The first-order chi connectivity index (χ1) is 7.63. The fourth-order valence-corrected chi connectivity index (χ4v) is 1.40. The molecule has 0 atom stereocenters. The third-order valence-corrected chi connectivity index (χ3v) is 2.37. The number of anilines is 1. The smallest absolute Gasteiger partial charge is 0.214 e. The van der Waals surface area contributed by atoms with Crippen LogP contribution in [-0.4, -0.2) is 38.3 Å². The highest BCUT2D eigenvalue weighted by Crippen LogP contribution is 2.16. The highest BCUT2D eigenvalue weighted by Gasteiger charge is 2.02. The van der Waals surface area contributed by atoms with Crippen molar-refractivity contribution in [2.75, 3.05) is 32.1 Å². The van der Waals surface area contributed by atoms with Gasteiger partial charge in [-0.15, -0.1) is 0 Å². The maximum Gasteiger partial charge on any atom is 0.214 e. The summed E-state index contributed by atoms with van der Waals surface area (Å²) >= 11 is 0. The van der Waals surface area contributed by atoms with Crippen LogP contribution in [0.4, 0.5) is 5.69 Å². The lowest BCUT2D eigenvalue weighted by molar-refractivity contribution is 0.398. The molecule has 1 N–H and O–H groups in total. The van der Waals surface area contributed by atoms with Gasteiger partial charge in [-0.3, -0.25) is 0 Å². The second kappa shape index (κ2) is 6.33. The molecule has 90 valence electrons. The fraction of sp³-hybridized carbons (Fsp3) is 0.583. The number of ether oxygens (including phenoxy) is 1. The van der Waals surface area contributed by atoms with E-state index in [9.17, 15) is 0 Å². The van der Waals surface area contributed by atoms with E-state index in [0.717, 1.165) is 18.8 Å². The molecule has 0 saturated carbocycles. The first-order valence-electron chi connectivity index (χ1n) is 5.58. The van der Waals surface area contributed by atoms with Crippen LogP contribution in [0.25, 0.3) is 0 Å². The van der Waals surface area contributed by atoms with Crippen LogP contribution in [-0.2, 0) is 0 Å². The maximum atomic E-state index is 5.09. The van der Waals surface area contributed by atoms with Crippen LogP contribution in [0, 0.1) is 0 Å². The molecule has 4 heteroatoms. The second-order valence-electron chi connectivity index (χ2n) is 4.09. The average molecular weight is 223 g/mol. The van der Waals surface area contributed by atoms with Crippen LogP contribution < -0.4 is 15.0 Å². The van der Waals surface area contributed by atoms with Gasteiger partial charge in [-0.1, -0.05) is 13.8 Å². The number of methoxy groups -OCH3 is 1. The average Bonchev–Trinajstić information content (AvgIpc) is 2.28. The first kappa shape index (κ1) is 12.8. The number of nitrogens with one attached hydrogen (secondary N) is 1. The number of pyridine rings is 1. The summed E-state index contributed by atoms with van der Waals surface area (Å²) in [4.78, 5) is 6.26. The Bertz CT molecular complexity index is 315. The predicted octanol–water partition coefficient (Wildman–Crippen LogP) is 1.52. The third-order valence-electron chi connectivity index (χ3n) is 2.37.